The first-order chi connectivity index (χ1) is 21.8. The molecule has 9 nitrogen and oxygen atoms in total. The van der Waals surface area contributed by atoms with Crippen LogP contribution in [-0.2, 0) is 27.1 Å². The average Bonchev–Trinajstić information content (AvgIpc) is 3.49. The van der Waals surface area contributed by atoms with Crippen molar-refractivity contribution in [1.82, 2.24) is 19.7 Å². The summed E-state index contributed by atoms with van der Waals surface area (Å²) in [4.78, 5) is 33.6. The number of carbonyl (C=O) groups is 2. The average molecular weight is 636 g/mol. The highest BCUT2D eigenvalue weighted by Crippen LogP contribution is 2.70. The van der Waals surface area contributed by atoms with E-state index in [1.54, 1.807) is 11.8 Å². The van der Waals surface area contributed by atoms with Crippen molar-refractivity contribution in [3.8, 4) is 11.4 Å². The Hall–Kier alpha value is -3.47. The van der Waals surface area contributed by atoms with E-state index in [0.29, 0.717) is 51.9 Å². The molecule has 0 radical (unpaired) electrons. The number of halogens is 2. The van der Waals surface area contributed by atoms with Crippen LogP contribution in [0.4, 0.5) is 19.3 Å². The second-order valence-corrected chi connectivity index (χ2v) is 15.4. The molecule has 11 heteroatoms. The fourth-order valence-electron chi connectivity index (χ4n) is 8.48. The lowest BCUT2D eigenvalue weighted by Gasteiger charge is -2.38. The van der Waals surface area contributed by atoms with E-state index in [1.807, 2.05) is 54.6 Å². The van der Waals surface area contributed by atoms with E-state index in [0.717, 1.165) is 64.9 Å². The maximum atomic E-state index is 14.9. The van der Waals surface area contributed by atoms with Crippen molar-refractivity contribution in [3.05, 3.63) is 35.5 Å². The molecular weight excluding hydrogens is 592 g/mol. The molecule has 1 aromatic carbocycles. The summed E-state index contributed by atoms with van der Waals surface area (Å²) in [6, 6.07) is 8.03. The normalized spacial score (nSPS) is 28.4. The Morgan fingerprint density at radius 1 is 1.11 bits per heavy atom. The summed E-state index contributed by atoms with van der Waals surface area (Å²) >= 11 is 0. The van der Waals surface area contributed by atoms with Crippen molar-refractivity contribution in [1.29, 1.82) is 0 Å². The smallest absolute Gasteiger partial charge is 0.410 e. The first-order valence-electron chi connectivity index (χ1n) is 16.8. The van der Waals surface area contributed by atoms with Crippen molar-refractivity contribution >= 4 is 28.6 Å². The standard InChI is InChI=1S/C35H43F2N5O4/c1-32(2,3)46-31(44)40-13-10-34(11-14-40)12-15-41(30(34)43)22-9-8-21-17-25(38-24(21)18-22)29-23-19-27-33(4,35(27,36)37)20-26(23)42(39-29)28-7-5-6-16-45-28/h8-9,17-18,27-28,38H,5-7,10-16,19-20H2,1-4H3. The number of rotatable bonds is 3. The number of nitrogens with one attached hydrogen (secondary N) is 1. The third-order valence-corrected chi connectivity index (χ3v) is 11.4. The summed E-state index contributed by atoms with van der Waals surface area (Å²) in [5.41, 5.74) is 2.94. The zero-order chi connectivity index (χ0) is 32.2. The van der Waals surface area contributed by atoms with Crippen LogP contribution in [0.5, 0.6) is 0 Å². The number of carbonyl (C=O) groups excluding carboxylic acids is 2. The highest BCUT2D eigenvalue weighted by Gasteiger charge is 2.78. The highest BCUT2D eigenvalue weighted by molar-refractivity contribution is 6.02. The summed E-state index contributed by atoms with van der Waals surface area (Å²) in [6.07, 6.45) is 4.88. The minimum Gasteiger partial charge on any atom is -0.444 e. The van der Waals surface area contributed by atoms with Gasteiger partial charge in [-0.05, 0) is 83.9 Å². The van der Waals surface area contributed by atoms with Gasteiger partial charge in [0.25, 0.3) is 5.92 Å². The van der Waals surface area contributed by atoms with Crippen LogP contribution in [0.25, 0.3) is 22.3 Å². The summed E-state index contributed by atoms with van der Waals surface area (Å²) in [6.45, 7) is 9.55. The zero-order valence-corrected chi connectivity index (χ0v) is 27.1. The Morgan fingerprint density at radius 2 is 1.87 bits per heavy atom. The molecule has 3 aromatic rings. The molecule has 2 amide bonds. The van der Waals surface area contributed by atoms with Gasteiger partial charge in [0.2, 0.25) is 5.91 Å². The van der Waals surface area contributed by atoms with Gasteiger partial charge >= 0.3 is 6.09 Å². The van der Waals surface area contributed by atoms with Crippen LogP contribution in [-0.4, -0.2) is 69.4 Å². The van der Waals surface area contributed by atoms with E-state index < -0.39 is 28.3 Å². The molecule has 1 saturated carbocycles. The number of alkyl halides is 2. The number of benzene rings is 1. The second-order valence-electron chi connectivity index (χ2n) is 15.4. The largest absolute Gasteiger partial charge is 0.444 e. The number of hydrogen-bond acceptors (Lipinski definition) is 5. The summed E-state index contributed by atoms with van der Waals surface area (Å²) in [7, 11) is 0. The lowest BCUT2D eigenvalue weighted by atomic mass is 9.77. The van der Waals surface area contributed by atoms with Gasteiger partial charge in [0, 0.05) is 71.8 Å². The number of aromatic nitrogens is 3. The van der Waals surface area contributed by atoms with Gasteiger partial charge in [-0.1, -0.05) is 13.0 Å². The number of fused-ring (bicyclic) bond motifs is 3. The SMILES string of the molecule is CC(C)(C)OC(=O)N1CCC2(CC1)CCN(c1ccc3cc(-c4nn(C5CCCCO5)c5c4CC4C(F)(F)C4(C)C5)[nH]c3c1)C2=O. The molecule has 3 atom stereocenters. The number of nitrogens with zero attached hydrogens (tertiary/aromatic N) is 4. The van der Waals surface area contributed by atoms with E-state index in [2.05, 4.69) is 4.98 Å². The fraction of sp³-hybridized carbons (Fsp3) is 0.629. The van der Waals surface area contributed by atoms with Crippen LogP contribution in [0.3, 0.4) is 0 Å². The van der Waals surface area contributed by atoms with E-state index in [-0.39, 0.29) is 18.2 Å². The Kier molecular flexibility index (Phi) is 6.51. The molecule has 3 aliphatic heterocycles. The van der Waals surface area contributed by atoms with Crippen molar-refractivity contribution in [2.45, 2.75) is 96.8 Å². The Balaban J connectivity index is 1.05. The third kappa shape index (κ3) is 4.51. The number of ether oxygens (including phenoxy) is 2. The molecule has 8 rings (SSSR count). The Morgan fingerprint density at radius 3 is 2.59 bits per heavy atom. The van der Waals surface area contributed by atoms with Gasteiger partial charge in [-0.2, -0.15) is 5.10 Å². The molecule has 246 valence electrons. The number of H-pyrrole nitrogens is 1. The Bertz CT molecular complexity index is 1730. The van der Waals surface area contributed by atoms with Gasteiger partial charge in [-0.25, -0.2) is 18.3 Å². The number of hydrogen-bond donors (Lipinski definition) is 1. The quantitative estimate of drug-likeness (QED) is 0.340. The molecule has 1 N–H and O–H groups in total. The molecule has 4 fully saturated rings. The number of likely N-dealkylation sites (tertiary alicyclic amines) is 1. The monoisotopic (exact) mass is 635 g/mol. The number of aromatic amines is 1. The predicted octanol–water partition coefficient (Wildman–Crippen LogP) is 6.85. The van der Waals surface area contributed by atoms with Crippen LogP contribution in [0.2, 0.25) is 0 Å². The van der Waals surface area contributed by atoms with Gasteiger partial charge in [0.05, 0.1) is 11.1 Å². The molecule has 5 heterocycles. The molecule has 2 aliphatic carbocycles. The van der Waals surface area contributed by atoms with Crippen LogP contribution in [0.15, 0.2) is 24.3 Å². The minimum atomic E-state index is -2.68. The van der Waals surface area contributed by atoms with Crippen molar-refractivity contribution in [2.24, 2.45) is 16.7 Å². The topological polar surface area (TPSA) is 92.7 Å². The van der Waals surface area contributed by atoms with Crippen LogP contribution < -0.4 is 4.90 Å². The van der Waals surface area contributed by atoms with Crippen molar-refractivity contribution < 1.29 is 27.8 Å². The molecular formula is C35H43F2N5O4. The highest BCUT2D eigenvalue weighted by atomic mass is 19.3. The summed E-state index contributed by atoms with van der Waals surface area (Å²) < 4.78 is 43.4. The maximum Gasteiger partial charge on any atom is 0.410 e. The molecule has 0 bridgehead atoms. The van der Waals surface area contributed by atoms with Crippen molar-refractivity contribution in [3.63, 3.8) is 0 Å². The van der Waals surface area contributed by atoms with Crippen LogP contribution in [0.1, 0.15) is 83.7 Å². The van der Waals surface area contributed by atoms with Crippen LogP contribution in [0, 0.1) is 16.7 Å². The van der Waals surface area contributed by atoms with Crippen molar-refractivity contribution in [2.75, 3.05) is 31.1 Å². The molecule has 1 spiro atoms. The zero-order valence-electron chi connectivity index (χ0n) is 27.1. The van der Waals surface area contributed by atoms with E-state index in [9.17, 15) is 18.4 Å². The maximum absolute atomic E-state index is 14.9. The second kappa shape index (κ2) is 10.0. The van der Waals surface area contributed by atoms with Gasteiger partial charge in [-0.3, -0.25) is 4.79 Å². The number of anilines is 1. The lowest BCUT2D eigenvalue weighted by molar-refractivity contribution is -0.128. The number of piperidine rings is 1. The van der Waals surface area contributed by atoms with Gasteiger partial charge in [0.1, 0.15) is 17.5 Å². The molecule has 5 aliphatic rings. The van der Waals surface area contributed by atoms with Gasteiger partial charge < -0.3 is 24.3 Å². The fourth-order valence-corrected chi connectivity index (χ4v) is 8.48. The molecule has 3 unspecified atom stereocenters. The van der Waals surface area contributed by atoms with Crippen LogP contribution >= 0.6 is 0 Å². The predicted molar refractivity (Wildman–Crippen MR) is 169 cm³/mol. The number of amides is 2. The molecule has 2 aromatic heterocycles. The molecule has 3 saturated heterocycles. The summed E-state index contributed by atoms with van der Waals surface area (Å²) in [5, 5.41) is 6.01. The van der Waals surface area contributed by atoms with E-state index >= 15 is 0 Å². The summed E-state index contributed by atoms with van der Waals surface area (Å²) in [5.74, 6) is -3.24. The minimum absolute atomic E-state index is 0.108. The third-order valence-electron chi connectivity index (χ3n) is 11.4. The van der Waals surface area contributed by atoms with E-state index in [1.165, 1.54) is 0 Å². The Labute approximate surface area is 267 Å². The van der Waals surface area contributed by atoms with E-state index in [4.69, 9.17) is 14.6 Å². The first-order valence-corrected chi connectivity index (χ1v) is 16.8. The molecule has 46 heavy (non-hydrogen) atoms. The van der Waals surface area contributed by atoms with Gasteiger partial charge in [-0.15, -0.1) is 0 Å². The first kappa shape index (κ1) is 29.9. The van der Waals surface area contributed by atoms with Gasteiger partial charge in [0.15, 0.2) is 0 Å². The lowest BCUT2D eigenvalue weighted by Crippen LogP contribution is -2.48.